The van der Waals surface area contributed by atoms with E-state index < -0.39 is 0 Å². The third kappa shape index (κ3) is 1.89. The highest BCUT2D eigenvalue weighted by Crippen LogP contribution is 2.24. The van der Waals surface area contributed by atoms with E-state index in [0.717, 1.165) is 16.5 Å². The molecule has 0 N–H and O–H groups in total. The summed E-state index contributed by atoms with van der Waals surface area (Å²) in [4.78, 5) is 6.25. The number of anilines is 2. The SMILES string of the molecule is CN(c1ccc(Cl)cc1)c1cscn1. The Morgan fingerprint density at radius 3 is 2.57 bits per heavy atom. The topological polar surface area (TPSA) is 16.1 Å². The lowest BCUT2D eigenvalue weighted by atomic mass is 10.3. The molecule has 0 bridgehead atoms. The summed E-state index contributed by atoms with van der Waals surface area (Å²) in [6.07, 6.45) is 0. The summed E-state index contributed by atoms with van der Waals surface area (Å²) in [6, 6.07) is 7.70. The van der Waals surface area contributed by atoms with E-state index in [0.29, 0.717) is 0 Å². The van der Waals surface area contributed by atoms with Crippen LogP contribution in [0.4, 0.5) is 11.5 Å². The highest BCUT2D eigenvalue weighted by Gasteiger charge is 2.04. The van der Waals surface area contributed by atoms with Gasteiger partial charge < -0.3 is 4.90 Å². The summed E-state index contributed by atoms with van der Waals surface area (Å²) >= 11 is 7.40. The van der Waals surface area contributed by atoms with Crippen molar-refractivity contribution >= 4 is 34.4 Å². The van der Waals surface area contributed by atoms with Crippen LogP contribution in [0.3, 0.4) is 0 Å². The lowest BCUT2D eigenvalue weighted by molar-refractivity contribution is 1.15. The summed E-state index contributed by atoms with van der Waals surface area (Å²) in [6.45, 7) is 0. The van der Waals surface area contributed by atoms with Gasteiger partial charge in [-0.3, -0.25) is 0 Å². The van der Waals surface area contributed by atoms with Crippen molar-refractivity contribution in [3.63, 3.8) is 0 Å². The molecule has 14 heavy (non-hydrogen) atoms. The van der Waals surface area contributed by atoms with E-state index in [9.17, 15) is 0 Å². The van der Waals surface area contributed by atoms with Gasteiger partial charge in [-0.25, -0.2) is 4.98 Å². The Labute approximate surface area is 91.8 Å². The second-order valence-electron chi connectivity index (χ2n) is 2.88. The molecule has 1 aromatic heterocycles. The van der Waals surface area contributed by atoms with Crippen LogP contribution in [0.2, 0.25) is 5.02 Å². The average molecular weight is 225 g/mol. The number of thiazole rings is 1. The van der Waals surface area contributed by atoms with Crippen molar-refractivity contribution in [2.24, 2.45) is 0 Å². The molecule has 0 spiro atoms. The Hall–Kier alpha value is -1.06. The number of hydrogen-bond donors (Lipinski definition) is 0. The van der Waals surface area contributed by atoms with Crippen molar-refractivity contribution in [1.29, 1.82) is 0 Å². The van der Waals surface area contributed by atoms with Gasteiger partial charge in [0.1, 0.15) is 5.82 Å². The minimum Gasteiger partial charge on any atom is -0.329 e. The van der Waals surface area contributed by atoms with E-state index in [-0.39, 0.29) is 0 Å². The second kappa shape index (κ2) is 3.98. The minimum atomic E-state index is 0.750. The maximum absolute atomic E-state index is 5.81. The van der Waals surface area contributed by atoms with Crippen LogP contribution in [0.5, 0.6) is 0 Å². The average Bonchev–Trinajstić information content (AvgIpc) is 2.71. The molecule has 2 nitrogen and oxygen atoms in total. The quantitative estimate of drug-likeness (QED) is 0.776. The van der Waals surface area contributed by atoms with Crippen LogP contribution in [-0.2, 0) is 0 Å². The van der Waals surface area contributed by atoms with Crippen LogP contribution < -0.4 is 4.90 Å². The molecule has 0 radical (unpaired) electrons. The predicted octanol–water partition coefficient (Wildman–Crippen LogP) is 3.56. The molecular weight excluding hydrogens is 216 g/mol. The highest BCUT2D eigenvalue weighted by atomic mass is 35.5. The van der Waals surface area contributed by atoms with E-state index >= 15 is 0 Å². The fourth-order valence-electron chi connectivity index (χ4n) is 1.17. The standard InChI is InChI=1S/C10H9ClN2S/c1-13(10-6-14-7-12-10)9-4-2-8(11)3-5-9/h2-7H,1H3. The molecule has 72 valence electrons. The van der Waals surface area contributed by atoms with Crippen molar-refractivity contribution in [3.05, 3.63) is 40.2 Å². The summed E-state index contributed by atoms with van der Waals surface area (Å²) in [7, 11) is 1.98. The van der Waals surface area contributed by atoms with E-state index in [1.165, 1.54) is 0 Å². The number of nitrogens with zero attached hydrogens (tertiary/aromatic N) is 2. The highest BCUT2D eigenvalue weighted by molar-refractivity contribution is 7.07. The normalized spacial score (nSPS) is 10.1. The third-order valence-corrected chi connectivity index (χ3v) is 2.80. The Morgan fingerprint density at radius 1 is 1.29 bits per heavy atom. The van der Waals surface area contributed by atoms with E-state index in [1.807, 2.05) is 47.1 Å². The zero-order valence-electron chi connectivity index (χ0n) is 7.64. The van der Waals surface area contributed by atoms with Crippen molar-refractivity contribution in [3.8, 4) is 0 Å². The molecule has 1 aromatic carbocycles. The molecular formula is C10H9ClN2S. The smallest absolute Gasteiger partial charge is 0.143 e. The molecule has 0 aliphatic rings. The second-order valence-corrected chi connectivity index (χ2v) is 4.04. The van der Waals surface area contributed by atoms with Gasteiger partial charge >= 0.3 is 0 Å². The summed E-state index contributed by atoms with van der Waals surface area (Å²) in [5.74, 6) is 0.956. The van der Waals surface area contributed by atoms with E-state index in [4.69, 9.17) is 11.6 Å². The maximum atomic E-state index is 5.81. The van der Waals surface area contributed by atoms with Gasteiger partial charge in [-0.2, -0.15) is 0 Å². The number of hydrogen-bond acceptors (Lipinski definition) is 3. The first-order valence-electron chi connectivity index (χ1n) is 4.15. The predicted molar refractivity (Wildman–Crippen MR) is 61.6 cm³/mol. The molecule has 4 heteroatoms. The molecule has 1 heterocycles. The van der Waals surface area contributed by atoms with Crippen LogP contribution >= 0.6 is 22.9 Å². The molecule has 0 aliphatic carbocycles. The van der Waals surface area contributed by atoms with Gasteiger partial charge in [-0.15, -0.1) is 11.3 Å². The molecule has 0 saturated heterocycles. The lowest BCUT2D eigenvalue weighted by Crippen LogP contribution is -2.09. The van der Waals surface area contributed by atoms with Gasteiger partial charge in [0.15, 0.2) is 0 Å². The van der Waals surface area contributed by atoms with Gasteiger partial charge in [0.25, 0.3) is 0 Å². The molecule has 0 unspecified atom stereocenters. The first-order valence-corrected chi connectivity index (χ1v) is 5.47. The van der Waals surface area contributed by atoms with Crippen LogP contribution in [0, 0.1) is 0 Å². The largest absolute Gasteiger partial charge is 0.329 e. The van der Waals surface area contributed by atoms with Crippen molar-refractivity contribution in [2.45, 2.75) is 0 Å². The number of benzene rings is 1. The maximum Gasteiger partial charge on any atom is 0.143 e. The Balaban J connectivity index is 2.28. The third-order valence-electron chi connectivity index (χ3n) is 1.98. The fraction of sp³-hybridized carbons (Fsp3) is 0.100. The summed E-state index contributed by atoms with van der Waals surface area (Å²) < 4.78 is 0. The molecule has 0 atom stereocenters. The molecule has 0 fully saturated rings. The van der Waals surface area contributed by atoms with Gasteiger partial charge in [-0.05, 0) is 24.3 Å². The van der Waals surface area contributed by atoms with Crippen molar-refractivity contribution in [2.75, 3.05) is 11.9 Å². The molecule has 2 rings (SSSR count). The Kier molecular flexibility index (Phi) is 2.70. The Bertz CT molecular complexity index is 397. The number of halogens is 1. The van der Waals surface area contributed by atoms with Crippen LogP contribution in [-0.4, -0.2) is 12.0 Å². The monoisotopic (exact) mass is 224 g/mol. The molecule has 0 amide bonds. The molecule has 0 aliphatic heterocycles. The first kappa shape index (κ1) is 9.49. The minimum absolute atomic E-state index is 0.750. The van der Waals surface area contributed by atoms with Crippen LogP contribution in [0.1, 0.15) is 0 Å². The Morgan fingerprint density at radius 2 is 2.00 bits per heavy atom. The molecule has 2 aromatic rings. The van der Waals surface area contributed by atoms with Crippen molar-refractivity contribution in [1.82, 2.24) is 4.98 Å². The lowest BCUT2D eigenvalue weighted by Gasteiger charge is -2.15. The zero-order valence-corrected chi connectivity index (χ0v) is 9.22. The number of aromatic nitrogens is 1. The van der Waals surface area contributed by atoms with Crippen molar-refractivity contribution < 1.29 is 0 Å². The van der Waals surface area contributed by atoms with Gasteiger partial charge in [0.2, 0.25) is 0 Å². The van der Waals surface area contributed by atoms with Crippen LogP contribution in [0.25, 0.3) is 0 Å². The van der Waals surface area contributed by atoms with E-state index in [1.54, 1.807) is 11.3 Å². The first-order chi connectivity index (χ1) is 6.77. The molecule has 0 saturated carbocycles. The summed E-state index contributed by atoms with van der Waals surface area (Å²) in [5, 5.41) is 2.76. The summed E-state index contributed by atoms with van der Waals surface area (Å²) in [5.41, 5.74) is 2.90. The fourth-order valence-corrected chi connectivity index (χ4v) is 1.87. The number of rotatable bonds is 2. The zero-order chi connectivity index (χ0) is 9.97. The van der Waals surface area contributed by atoms with E-state index in [2.05, 4.69) is 4.98 Å². The van der Waals surface area contributed by atoms with Crippen LogP contribution in [0.15, 0.2) is 35.2 Å². The van der Waals surface area contributed by atoms with Gasteiger partial charge in [-0.1, -0.05) is 11.6 Å². The van der Waals surface area contributed by atoms with Gasteiger partial charge in [0, 0.05) is 23.1 Å². The van der Waals surface area contributed by atoms with Gasteiger partial charge in [0.05, 0.1) is 5.51 Å².